The van der Waals surface area contributed by atoms with E-state index < -0.39 is 0 Å². The molecule has 3 heteroatoms. The van der Waals surface area contributed by atoms with E-state index in [0.29, 0.717) is 11.8 Å². The first-order chi connectivity index (χ1) is 5.20. The third kappa shape index (κ3) is 7.77. The van der Waals surface area contributed by atoms with Crippen molar-refractivity contribution in [2.75, 3.05) is 22.1 Å². The largest absolute Gasteiger partial charge is 0.381 e. The Morgan fingerprint density at radius 1 is 1.00 bits per heavy atom. The molecule has 11 heavy (non-hydrogen) atoms. The van der Waals surface area contributed by atoms with E-state index in [9.17, 15) is 0 Å². The van der Waals surface area contributed by atoms with Crippen LogP contribution in [0.4, 0.5) is 0 Å². The topological polar surface area (TPSA) is 9.23 Å². The van der Waals surface area contributed by atoms with Crippen molar-refractivity contribution < 1.29 is 4.74 Å². The van der Waals surface area contributed by atoms with E-state index in [0.717, 1.165) is 13.2 Å². The predicted octanol–water partition coefficient (Wildman–Crippen LogP) is 3.15. The summed E-state index contributed by atoms with van der Waals surface area (Å²) in [5.41, 5.74) is 0. The molecule has 0 aromatic carbocycles. The zero-order chi connectivity index (χ0) is 8.69. The van der Waals surface area contributed by atoms with Crippen molar-refractivity contribution in [1.29, 1.82) is 0 Å². The number of hydrogen-bond acceptors (Lipinski definition) is 1. The molecule has 2 unspecified atom stereocenters. The fraction of sp³-hybridized carbons (Fsp3) is 1.00. The van der Waals surface area contributed by atoms with Crippen LogP contribution in [0.15, 0.2) is 0 Å². The molecule has 0 aliphatic rings. The highest BCUT2D eigenvalue weighted by Crippen LogP contribution is 2.04. The molecule has 68 valence electrons. The zero-order valence-electron chi connectivity index (χ0n) is 7.15. The van der Waals surface area contributed by atoms with Crippen molar-refractivity contribution in [1.82, 2.24) is 0 Å². The molecular formula is C8H16I2O. The number of hydrogen-bond donors (Lipinski definition) is 0. The number of rotatable bonds is 6. The second-order valence-electron chi connectivity index (χ2n) is 3.06. The molecule has 0 aromatic heterocycles. The van der Waals surface area contributed by atoms with Gasteiger partial charge in [0, 0.05) is 22.1 Å². The van der Waals surface area contributed by atoms with Gasteiger partial charge in [-0.15, -0.1) is 0 Å². The highest BCUT2D eigenvalue weighted by Gasteiger charge is 2.02. The predicted molar refractivity (Wildman–Crippen MR) is 66.9 cm³/mol. The molecule has 0 aliphatic carbocycles. The average Bonchev–Trinajstić information content (AvgIpc) is 2.04. The molecule has 0 saturated carbocycles. The van der Waals surface area contributed by atoms with Gasteiger partial charge in [0.2, 0.25) is 0 Å². The van der Waals surface area contributed by atoms with E-state index in [2.05, 4.69) is 59.0 Å². The van der Waals surface area contributed by atoms with Gasteiger partial charge in [0.25, 0.3) is 0 Å². The van der Waals surface area contributed by atoms with Crippen LogP contribution in [0.5, 0.6) is 0 Å². The van der Waals surface area contributed by atoms with Crippen LogP contribution < -0.4 is 0 Å². The van der Waals surface area contributed by atoms with Crippen LogP contribution in [0.3, 0.4) is 0 Å². The van der Waals surface area contributed by atoms with Crippen LogP contribution in [0, 0.1) is 11.8 Å². The van der Waals surface area contributed by atoms with Crippen molar-refractivity contribution >= 4 is 45.2 Å². The van der Waals surface area contributed by atoms with Crippen molar-refractivity contribution in [3.05, 3.63) is 0 Å². The lowest BCUT2D eigenvalue weighted by Crippen LogP contribution is -2.12. The molecule has 0 amide bonds. The van der Waals surface area contributed by atoms with Crippen molar-refractivity contribution in [3.63, 3.8) is 0 Å². The average molecular weight is 382 g/mol. The first-order valence-electron chi connectivity index (χ1n) is 3.90. The normalized spacial score (nSPS) is 16.4. The first kappa shape index (κ1) is 12.4. The van der Waals surface area contributed by atoms with Gasteiger partial charge in [-0.25, -0.2) is 0 Å². The Balaban J connectivity index is 3.13. The molecule has 0 rings (SSSR count). The Labute approximate surface area is 96.9 Å². The second-order valence-corrected chi connectivity index (χ2v) is 4.82. The van der Waals surface area contributed by atoms with E-state index in [1.807, 2.05) is 0 Å². The summed E-state index contributed by atoms with van der Waals surface area (Å²) in [6.07, 6.45) is 0. The van der Waals surface area contributed by atoms with E-state index in [4.69, 9.17) is 4.74 Å². The summed E-state index contributed by atoms with van der Waals surface area (Å²) >= 11 is 4.80. The van der Waals surface area contributed by atoms with Gasteiger partial charge in [0.1, 0.15) is 0 Å². The SMILES string of the molecule is CC(CI)COCC(C)CI. The number of ether oxygens (including phenoxy) is 1. The zero-order valence-corrected chi connectivity index (χ0v) is 11.5. The summed E-state index contributed by atoms with van der Waals surface area (Å²) in [6, 6.07) is 0. The lowest BCUT2D eigenvalue weighted by molar-refractivity contribution is 0.0920. The molecule has 0 heterocycles. The molecule has 2 atom stereocenters. The Morgan fingerprint density at radius 2 is 1.36 bits per heavy atom. The van der Waals surface area contributed by atoms with Crippen LogP contribution in [0.25, 0.3) is 0 Å². The molecule has 0 radical (unpaired) electrons. The summed E-state index contributed by atoms with van der Waals surface area (Å²) in [5, 5.41) is 0. The van der Waals surface area contributed by atoms with Crippen LogP contribution in [0.2, 0.25) is 0 Å². The molecule has 0 saturated heterocycles. The number of halogens is 2. The van der Waals surface area contributed by atoms with Crippen LogP contribution in [0.1, 0.15) is 13.8 Å². The highest BCUT2D eigenvalue weighted by molar-refractivity contribution is 14.1. The fourth-order valence-corrected chi connectivity index (χ4v) is 1.07. The first-order valence-corrected chi connectivity index (χ1v) is 6.95. The van der Waals surface area contributed by atoms with Gasteiger partial charge < -0.3 is 4.74 Å². The van der Waals surface area contributed by atoms with Gasteiger partial charge in [0.15, 0.2) is 0 Å². The van der Waals surface area contributed by atoms with E-state index in [-0.39, 0.29) is 0 Å². The summed E-state index contributed by atoms with van der Waals surface area (Å²) in [6.45, 7) is 6.29. The summed E-state index contributed by atoms with van der Waals surface area (Å²) in [7, 11) is 0. The maximum absolute atomic E-state index is 5.53. The Kier molecular flexibility index (Phi) is 9.08. The Morgan fingerprint density at radius 3 is 1.64 bits per heavy atom. The van der Waals surface area contributed by atoms with Crippen molar-refractivity contribution in [3.8, 4) is 0 Å². The van der Waals surface area contributed by atoms with Gasteiger partial charge in [-0.3, -0.25) is 0 Å². The summed E-state index contributed by atoms with van der Waals surface area (Å²) in [4.78, 5) is 0. The van der Waals surface area contributed by atoms with E-state index in [1.54, 1.807) is 0 Å². The molecule has 1 nitrogen and oxygen atoms in total. The standard InChI is InChI=1S/C8H16I2O/c1-7(3-9)5-11-6-8(2)4-10/h7-8H,3-6H2,1-2H3. The fourth-order valence-electron chi connectivity index (χ4n) is 0.559. The molecule has 0 spiro atoms. The minimum absolute atomic E-state index is 0.706. The quantitative estimate of drug-likeness (QED) is 0.507. The Hall–Kier alpha value is 1.42. The van der Waals surface area contributed by atoms with E-state index in [1.165, 1.54) is 8.86 Å². The smallest absolute Gasteiger partial charge is 0.0499 e. The summed E-state index contributed by atoms with van der Waals surface area (Å²) in [5.74, 6) is 1.41. The lowest BCUT2D eigenvalue weighted by Gasteiger charge is -2.11. The highest BCUT2D eigenvalue weighted by atomic mass is 127. The van der Waals surface area contributed by atoms with Gasteiger partial charge in [-0.05, 0) is 11.8 Å². The molecule has 0 aromatic rings. The van der Waals surface area contributed by atoms with Gasteiger partial charge in [-0.2, -0.15) is 0 Å². The third-order valence-electron chi connectivity index (χ3n) is 1.33. The molecule has 0 N–H and O–H groups in total. The molecular weight excluding hydrogens is 366 g/mol. The second kappa shape index (κ2) is 8.04. The van der Waals surface area contributed by atoms with Crippen LogP contribution >= 0.6 is 45.2 Å². The van der Waals surface area contributed by atoms with E-state index >= 15 is 0 Å². The van der Waals surface area contributed by atoms with Gasteiger partial charge >= 0.3 is 0 Å². The summed E-state index contributed by atoms with van der Waals surface area (Å²) < 4.78 is 7.91. The number of alkyl halides is 2. The van der Waals surface area contributed by atoms with Crippen molar-refractivity contribution in [2.24, 2.45) is 11.8 Å². The minimum atomic E-state index is 0.706. The van der Waals surface area contributed by atoms with Gasteiger partial charge in [0.05, 0.1) is 0 Å². The third-order valence-corrected chi connectivity index (χ3v) is 4.34. The van der Waals surface area contributed by atoms with Crippen molar-refractivity contribution in [2.45, 2.75) is 13.8 Å². The lowest BCUT2D eigenvalue weighted by atomic mass is 10.2. The maximum atomic E-state index is 5.53. The molecule has 0 bridgehead atoms. The maximum Gasteiger partial charge on any atom is 0.0499 e. The molecule has 0 aliphatic heterocycles. The monoisotopic (exact) mass is 382 g/mol. The van der Waals surface area contributed by atoms with Gasteiger partial charge in [-0.1, -0.05) is 59.0 Å². The Bertz CT molecular complexity index is 78.2. The molecule has 0 fully saturated rings. The van der Waals surface area contributed by atoms with Crippen LogP contribution in [-0.4, -0.2) is 22.1 Å². The minimum Gasteiger partial charge on any atom is -0.381 e. The van der Waals surface area contributed by atoms with Crippen LogP contribution in [-0.2, 0) is 4.74 Å².